The molecule has 0 saturated carbocycles. The van der Waals surface area contributed by atoms with Crippen LogP contribution in [0.2, 0.25) is 0 Å². The average molecular weight is 580 g/mol. The normalized spacial score (nSPS) is 17.5. The molecule has 2 aliphatic rings. The molecule has 0 spiro atoms. The van der Waals surface area contributed by atoms with E-state index >= 15 is 0 Å². The fourth-order valence-corrected chi connectivity index (χ4v) is 5.89. The number of morpholine rings is 1. The summed E-state index contributed by atoms with van der Waals surface area (Å²) in [6.45, 7) is 10.9. The van der Waals surface area contributed by atoms with Gasteiger partial charge < -0.3 is 25.3 Å². The number of rotatable bonds is 8. The zero-order chi connectivity index (χ0) is 29.8. The second kappa shape index (κ2) is 12.8. The van der Waals surface area contributed by atoms with Crippen molar-refractivity contribution in [2.75, 3.05) is 49.6 Å². The highest BCUT2D eigenvalue weighted by Gasteiger charge is 2.22. The van der Waals surface area contributed by atoms with Crippen LogP contribution in [0.15, 0.2) is 67.5 Å². The Morgan fingerprint density at radius 3 is 2.70 bits per heavy atom. The molecule has 2 aromatic carbocycles. The second-order valence-corrected chi connectivity index (χ2v) is 11.2. The predicted octanol–water partition coefficient (Wildman–Crippen LogP) is 4.29. The van der Waals surface area contributed by atoms with E-state index in [-0.39, 0.29) is 17.9 Å². The predicted molar refractivity (Wildman–Crippen MR) is 168 cm³/mol. The molecular weight excluding hydrogens is 542 g/mol. The monoisotopic (exact) mass is 579 g/mol. The molecule has 1 atom stereocenters. The zero-order valence-electron chi connectivity index (χ0n) is 24.4. The van der Waals surface area contributed by atoms with E-state index in [9.17, 15) is 9.59 Å². The second-order valence-electron chi connectivity index (χ2n) is 11.2. The van der Waals surface area contributed by atoms with E-state index in [0.29, 0.717) is 18.8 Å². The van der Waals surface area contributed by atoms with E-state index in [1.807, 2.05) is 43.3 Å². The maximum atomic E-state index is 13.3. The van der Waals surface area contributed by atoms with Gasteiger partial charge in [0.1, 0.15) is 17.8 Å². The summed E-state index contributed by atoms with van der Waals surface area (Å²) in [6.07, 6.45) is 4.88. The molecule has 0 radical (unpaired) electrons. The number of carbonyl (C=O) groups excluding carboxylic acids is 2. The van der Waals surface area contributed by atoms with Gasteiger partial charge in [0.2, 0.25) is 5.91 Å². The van der Waals surface area contributed by atoms with Crippen LogP contribution in [-0.2, 0) is 16.1 Å². The van der Waals surface area contributed by atoms with Gasteiger partial charge in [0, 0.05) is 49.2 Å². The van der Waals surface area contributed by atoms with Crippen LogP contribution in [0.1, 0.15) is 34.3 Å². The number of nitrogens with zero attached hydrogens (tertiary/aromatic N) is 4. The van der Waals surface area contributed by atoms with E-state index in [2.05, 4.69) is 54.1 Å². The Balaban J connectivity index is 1.12. The number of hydrogen-bond donors (Lipinski definition) is 3. The van der Waals surface area contributed by atoms with Crippen LogP contribution in [-0.4, -0.2) is 77.1 Å². The molecule has 2 fully saturated rings. The topological polar surface area (TPSA) is 115 Å². The first kappa shape index (κ1) is 28.6. The van der Waals surface area contributed by atoms with Gasteiger partial charge >= 0.3 is 0 Å². The van der Waals surface area contributed by atoms with Crippen molar-refractivity contribution in [2.45, 2.75) is 32.4 Å². The fourth-order valence-electron chi connectivity index (χ4n) is 5.89. The van der Waals surface area contributed by atoms with E-state index in [1.54, 1.807) is 6.33 Å². The number of H-pyrrole nitrogens is 1. The minimum absolute atomic E-state index is 0.111. The Morgan fingerprint density at radius 1 is 1.09 bits per heavy atom. The largest absolute Gasteiger partial charge is 0.378 e. The summed E-state index contributed by atoms with van der Waals surface area (Å²) in [5.74, 6) is 0.637. The molecule has 0 bridgehead atoms. The van der Waals surface area contributed by atoms with Gasteiger partial charge in [-0.3, -0.25) is 14.5 Å². The van der Waals surface area contributed by atoms with Crippen LogP contribution in [0.5, 0.6) is 0 Å². The molecule has 2 amide bonds. The van der Waals surface area contributed by atoms with Crippen LogP contribution in [0.3, 0.4) is 0 Å². The first-order valence-corrected chi connectivity index (χ1v) is 14.8. The van der Waals surface area contributed by atoms with Crippen molar-refractivity contribution < 1.29 is 14.3 Å². The third kappa shape index (κ3) is 6.60. The summed E-state index contributed by atoms with van der Waals surface area (Å²) < 4.78 is 5.50. The molecule has 0 aliphatic carbocycles. The minimum Gasteiger partial charge on any atom is -0.378 e. The van der Waals surface area contributed by atoms with Crippen LogP contribution in [0, 0.1) is 6.92 Å². The smallest absolute Gasteiger partial charge is 0.255 e. The van der Waals surface area contributed by atoms with E-state index in [1.165, 1.54) is 6.08 Å². The quantitative estimate of drug-likeness (QED) is 0.267. The van der Waals surface area contributed by atoms with Crippen molar-refractivity contribution in [2.24, 2.45) is 0 Å². The molecule has 10 heteroatoms. The number of likely N-dealkylation sites (tertiary alicyclic amines) is 1. The Labute approximate surface area is 251 Å². The third-order valence-corrected chi connectivity index (χ3v) is 8.16. The molecule has 4 heterocycles. The van der Waals surface area contributed by atoms with Gasteiger partial charge in [-0.25, -0.2) is 9.97 Å². The molecule has 2 saturated heterocycles. The summed E-state index contributed by atoms with van der Waals surface area (Å²) >= 11 is 0. The Kier molecular flexibility index (Phi) is 8.48. The molecule has 222 valence electrons. The number of fused-ring (bicyclic) bond motifs is 1. The van der Waals surface area contributed by atoms with E-state index < -0.39 is 0 Å². The standard InChI is InChI=1S/C33H37N7O3/c1-3-30(41)36-26-5-4-12-39(20-26)19-23-7-6-22(2)27(17-23)33(42)37-25-10-8-24(9-11-25)29-18-28-31(38-29)34-21-35-32(28)40-13-15-43-16-14-40/h3,6-11,17-18,21,26H,1,4-5,12-16,19-20H2,2H3,(H,36,41)(H,37,42)(H,34,35,38)/t26-/m1/s1. The zero-order valence-corrected chi connectivity index (χ0v) is 24.4. The number of piperidine rings is 1. The van der Waals surface area contributed by atoms with Crippen molar-refractivity contribution in [3.05, 3.63) is 84.2 Å². The van der Waals surface area contributed by atoms with Gasteiger partial charge in [0.25, 0.3) is 5.91 Å². The van der Waals surface area contributed by atoms with Gasteiger partial charge in [-0.05, 0) is 73.3 Å². The Morgan fingerprint density at radius 2 is 1.91 bits per heavy atom. The van der Waals surface area contributed by atoms with Gasteiger partial charge in [0.05, 0.1) is 18.6 Å². The summed E-state index contributed by atoms with van der Waals surface area (Å²) in [5.41, 5.74) is 6.09. The number of aromatic nitrogens is 3. The third-order valence-electron chi connectivity index (χ3n) is 8.16. The SMILES string of the molecule is C=CC(=O)N[C@@H]1CCCN(Cc2ccc(C)c(C(=O)Nc3ccc(-c4cc5c(N6CCOCC6)ncnc5[nH]4)cc3)c2)C1. The summed E-state index contributed by atoms with van der Waals surface area (Å²) in [5, 5.41) is 7.05. The lowest BCUT2D eigenvalue weighted by Crippen LogP contribution is -2.46. The van der Waals surface area contributed by atoms with Gasteiger partial charge in [-0.2, -0.15) is 0 Å². The number of benzene rings is 2. The number of carbonyl (C=O) groups is 2. The van der Waals surface area contributed by atoms with Crippen LogP contribution < -0.4 is 15.5 Å². The van der Waals surface area contributed by atoms with Crippen LogP contribution in [0.25, 0.3) is 22.3 Å². The number of anilines is 2. The van der Waals surface area contributed by atoms with Crippen molar-refractivity contribution in [1.29, 1.82) is 0 Å². The molecule has 3 N–H and O–H groups in total. The number of nitrogens with one attached hydrogen (secondary N) is 3. The number of ether oxygens (including phenoxy) is 1. The molecule has 43 heavy (non-hydrogen) atoms. The van der Waals surface area contributed by atoms with E-state index in [0.717, 1.165) is 90.5 Å². The van der Waals surface area contributed by atoms with Gasteiger partial charge in [0.15, 0.2) is 0 Å². The van der Waals surface area contributed by atoms with Crippen molar-refractivity contribution in [3.8, 4) is 11.3 Å². The lowest BCUT2D eigenvalue weighted by molar-refractivity contribution is -0.117. The minimum atomic E-state index is -0.141. The highest BCUT2D eigenvalue weighted by molar-refractivity contribution is 6.05. The number of aryl methyl sites for hydroxylation is 1. The lowest BCUT2D eigenvalue weighted by atomic mass is 10.0. The maximum Gasteiger partial charge on any atom is 0.255 e. The first-order chi connectivity index (χ1) is 21.0. The highest BCUT2D eigenvalue weighted by Crippen LogP contribution is 2.30. The molecule has 0 unspecified atom stereocenters. The number of aromatic amines is 1. The number of hydrogen-bond acceptors (Lipinski definition) is 7. The number of amides is 2. The maximum absolute atomic E-state index is 13.3. The Hall–Kier alpha value is -4.54. The lowest BCUT2D eigenvalue weighted by Gasteiger charge is -2.33. The van der Waals surface area contributed by atoms with Gasteiger partial charge in [-0.15, -0.1) is 0 Å². The summed E-state index contributed by atoms with van der Waals surface area (Å²) in [6, 6.07) is 16.0. The van der Waals surface area contributed by atoms with Crippen LogP contribution in [0.4, 0.5) is 11.5 Å². The van der Waals surface area contributed by atoms with Crippen molar-refractivity contribution in [1.82, 2.24) is 25.2 Å². The van der Waals surface area contributed by atoms with Gasteiger partial charge in [-0.1, -0.05) is 30.8 Å². The average Bonchev–Trinajstić information content (AvgIpc) is 3.47. The summed E-state index contributed by atoms with van der Waals surface area (Å²) in [4.78, 5) is 42.0. The highest BCUT2D eigenvalue weighted by atomic mass is 16.5. The summed E-state index contributed by atoms with van der Waals surface area (Å²) in [7, 11) is 0. The molecule has 6 rings (SSSR count). The van der Waals surface area contributed by atoms with Crippen molar-refractivity contribution >= 4 is 34.4 Å². The van der Waals surface area contributed by atoms with Crippen LogP contribution >= 0.6 is 0 Å². The molecule has 2 aliphatic heterocycles. The van der Waals surface area contributed by atoms with E-state index in [4.69, 9.17) is 4.74 Å². The Bertz CT molecular complexity index is 1630. The first-order valence-electron chi connectivity index (χ1n) is 14.8. The molecule has 2 aromatic heterocycles. The molecular formula is C33H37N7O3. The molecule has 10 nitrogen and oxygen atoms in total. The molecule has 4 aromatic rings. The van der Waals surface area contributed by atoms with Crippen molar-refractivity contribution in [3.63, 3.8) is 0 Å². The fraction of sp³-hybridized carbons (Fsp3) is 0.333.